The van der Waals surface area contributed by atoms with Gasteiger partial charge in [0.05, 0.1) is 6.33 Å². The molecule has 0 amide bonds. The molecule has 0 saturated heterocycles. The van der Waals surface area contributed by atoms with E-state index in [9.17, 15) is 8.42 Å². The van der Waals surface area contributed by atoms with Gasteiger partial charge in [-0.3, -0.25) is 0 Å². The van der Waals surface area contributed by atoms with Gasteiger partial charge in [0.2, 0.25) is 0 Å². The molecule has 3 N–H and O–H groups in total. The van der Waals surface area contributed by atoms with Crippen molar-refractivity contribution < 1.29 is 8.42 Å². The van der Waals surface area contributed by atoms with Crippen LogP contribution in [0.2, 0.25) is 0 Å². The molecule has 1 saturated carbocycles. The van der Waals surface area contributed by atoms with Crippen molar-refractivity contribution >= 4 is 15.8 Å². The van der Waals surface area contributed by atoms with E-state index in [4.69, 9.17) is 5.73 Å². The quantitative estimate of drug-likeness (QED) is 0.854. The Morgan fingerprint density at radius 2 is 2.22 bits per heavy atom. The average Bonchev–Trinajstić information content (AvgIpc) is 2.58. The predicted molar refractivity (Wildman–Crippen MR) is 69.4 cm³/mol. The maximum absolute atomic E-state index is 12.3. The lowest BCUT2D eigenvalue weighted by atomic mass is 9.88. The standard InChI is InChI=1S/C11H20N4O2S/c1-8-4-3-5-9(6-8)14-18(16,17)11-10(12)13-7-15(11)2/h7-9,14H,3-6,12H2,1-2H3. The number of aryl methyl sites for hydroxylation is 1. The van der Waals surface area contributed by atoms with Gasteiger partial charge in [0.1, 0.15) is 0 Å². The number of sulfonamides is 1. The number of anilines is 1. The smallest absolute Gasteiger partial charge is 0.260 e. The molecule has 1 aromatic heterocycles. The summed E-state index contributed by atoms with van der Waals surface area (Å²) >= 11 is 0. The number of nitrogen functional groups attached to an aromatic ring is 1. The Labute approximate surface area is 108 Å². The number of nitrogens with two attached hydrogens (primary N) is 1. The van der Waals surface area contributed by atoms with Crippen LogP contribution in [0.5, 0.6) is 0 Å². The van der Waals surface area contributed by atoms with E-state index in [0.717, 1.165) is 19.3 Å². The zero-order valence-electron chi connectivity index (χ0n) is 10.8. The lowest BCUT2D eigenvalue weighted by Gasteiger charge is -2.27. The van der Waals surface area contributed by atoms with Crippen LogP contribution in [0, 0.1) is 5.92 Å². The normalized spacial score (nSPS) is 25.2. The van der Waals surface area contributed by atoms with Crippen molar-refractivity contribution in [3.8, 4) is 0 Å². The van der Waals surface area contributed by atoms with Crippen LogP contribution in [0.4, 0.5) is 5.82 Å². The third-order valence-corrected chi connectivity index (χ3v) is 5.07. The van der Waals surface area contributed by atoms with Crippen molar-refractivity contribution in [2.45, 2.75) is 43.7 Å². The van der Waals surface area contributed by atoms with Crippen LogP contribution in [0.25, 0.3) is 0 Å². The van der Waals surface area contributed by atoms with Crippen LogP contribution in [0.3, 0.4) is 0 Å². The summed E-state index contributed by atoms with van der Waals surface area (Å²) in [4.78, 5) is 3.81. The first-order valence-electron chi connectivity index (χ1n) is 6.19. The Hall–Kier alpha value is -1.08. The van der Waals surface area contributed by atoms with Gasteiger partial charge in [0, 0.05) is 13.1 Å². The number of hydrogen-bond donors (Lipinski definition) is 2. The zero-order chi connectivity index (χ0) is 13.3. The second-order valence-electron chi connectivity index (χ2n) is 5.14. The molecule has 1 aliphatic rings. The highest BCUT2D eigenvalue weighted by Crippen LogP contribution is 2.25. The molecule has 102 valence electrons. The first-order valence-corrected chi connectivity index (χ1v) is 7.67. The zero-order valence-corrected chi connectivity index (χ0v) is 11.6. The van der Waals surface area contributed by atoms with E-state index >= 15 is 0 Å². The van der Waals surface area contributed by atoms with Crippen molar-refractivity contribution in [3.05, 3.63) is 6.33 Å². The maximum atomic E-state index is 12.3. The number of nitrogens with one attached hydrogen (secondary N) is 1. The molecule has 1 fully saturated rings. The minimum atomic E-state index is -3.58. The summed E-state index contributed by atoms with van der Waals surface area (Å²) in [5.41, 5.74) is 5.61. The van der Waals surface area contributed by atoms with Gasteiger partial charge in [-0.1, -0.05) is 19.8 Å². The monoisotopic (exact) mass is 272 g/mol. The highest BCUT2D eigenvalue weighted by atomic mass is 32.2. The molecule has 0 spiro atoms. The third-order valence-electron chi connectivity index (χ3n) is 3.42. The van der Waals surface area contributed by atoms with Crippen molar-refractivity contribution in [2.75, 3.05) is 5.73 Å². The number of rotatable bonds is 3. The van der Waals surface area contributed by atoms with Gasteiger partial charge in [-0.05, 0) is 18.8 Å². The molecule has 1 aromatic rings. The largest absolute Gasteiger partial charge is 0.381 e. The molecule has 0 aromatic carbocycles. The van der Waals surface area contributed by atoms with E-state index in [1.165, 1.54) is 17.3 Å². The van der Waals surface area contributed by atoms with E-state index in [1.807, 2.05) is 0 Å². The fourth-order valence-electron chi connectivity index (χ4n) is 2.58. The van der Waals surface area contributed by atoms with E-state index in [0.29, 0.717) is 5.92 Å². The fourth-order valence-corrected chi connectivity index (χ4v) is 4.10. The first-order chi connectivity index (χ1) is 8.40. The molecular formula is C11H20N4O2S. The number of nitrogens with zero attached hydrogens (tertiary/aromatic N) is 2. The Morgan fingerprint density at radius 1 is 1.50 bits per heavy atom. The SMILES string of the molecule is CC1CCCC(NS(=O)(=O)c2c(N)ncn2C)C1. The summed E-state index contributed by atoms with van der Waals surface area (Å²) in [7, 11) is -1.95. The summed E-state index contributed by atoms with van der Waals surface area (Å²) in [6, 6.07) is 0.00745. The summed E-state index contributed by atoms with van der Waals surface area (Å²) in [6.07, 6.45) is 5.42. The van der Waals surface area contributed by atoms with Gasteiger partial charge < -0.3 is 10.3 Å². The number of aromatic nitrogens is 2. The summed E-state index contributed by atoms with van der Waals surface area (Å²) in [5.74, 6) is 0.615. The molecule has 1 heterocycles. The summed E-state index contributed by atoms with van der Waals surface area (Å²) in [6.45, 7) is 2.15. The van der Waals surface area contributed by atoms with Gasteiger partial charge in [0.15, 0.2) is 10.8 Å². The van der Waals surface area contributed by atoms with Crippen LogP contribution in [-0.2, 0) is 17.1 Å². The van der Waals surface area contributed by atoms with Crippen molar-refractivity contribution in [1.29, 1.82) is 0 Å². The minimum absolute atomic E-state index is 0.00745. The molecule has 2 unspecified atom stereocenters. The topological polar surface area (TPSA) is 90.0 Å². The molecule has 7 heteroatoms. The summed E-state index contributed by atoms with van der Waals surface area (Å²) in [5, 5.41) is 0.0562. The van der Waals surface area contributed by atoms with E-state index in [2.05, 4.69) is 16.6 Å². The van der Waals surface area contributed by atoms with Crippen LogP contribution in [0.1, 0.15) is 32.6 Å². The van der Waals surface area contributed by atoms with Gasteiger partial charge >= 0.3 is 0 Å². The van der Waals surface area contributed by atoms with E-state index in [-0.39, 0.29) is 16.9 Å². The van der Waals surface area contributed by atoms with Crippen LogP contribution in [-0.4, -0.2) is 24.0 Å². The van der Waals surface area contributed by atoms with Gasteiger partial charge in [-0.2, -0.15) is 0 Å². The summed E-state index contributed by atoms with van der Waals surface area (Å²) < 4.78 is 28.7. The maximum Gasteiger partial charge on any atom is 0.260 e. The number of imidazole rings is 1. The lowest BCUT2D eigenvalue weighted by molar-refractivity contribution is 0.327. The molecule has 1 aliphatic carbocycles. The van der Waals surface area contributed by atoms with Crippen molar-refractivity contribution in [3.63, 3.8) is 0 Å². The molecule has 0 bridgehead atoms. The van der Waals surface area contributed by atoms with Crippen LogP contribution in [0.15, 0.2) is 11.4 Å². The second-order valence-corrected chi connectivity index (χ2v) is 6.77. The van der Waals surface area contributed by atoms with Gasteiger partial charge in [-0.25, -0.2) is 18.1 Å². The Balaban J connectivity index is 2.17. The highest BCUT2D eigenvalue weighted by molar-refractivity contribution is 7.89. The first kappa shape index (κ1) is 13.4. The molecule has 18 heavy (non-hydrogen) atoms. The second kappa shape index (κ2) is 4.89. The molecule has 0 radical (unpaired) electrons. The van der Waals surface area contributed by atoms with Crippen LogP contribution < -0.4 is 10.5 Å². The van der Waals surface area contributed by atoms with Crippen molar-refractivity contribution in [1.82, 2.24) is 14.3 Å². The van der Waals surface area contributed by atoms with Crippen molar-refractivity contribution in [2.24, 2.45) is 13.0 Å². The Bertz CT molecular complexity index is 504. The van der Waals surface area contributed by atoms with E-state index in [1.54, 1.807) is 7.05 Å². The Morgan fingerprint density at radius 3 is 2.78 bits per heavy atom. The minimum Gasteiger partial charge on any atom is -0.381 e. The Kier molecular flexibility index (Phi) is 3.63. The number of hydrogen-bond acceptors (Lipinski definition) is 4. The highest BCUT2D eigenvalue weighted by Gasteiger charge is 2.28. The molecule has 0 aliphatic heterocycles. The lowest BCUT2D eigenvalue weighted by Crippen LogP contribution is -2.38. The molecule has 2 rings (SSSR count). The third kappa shape index (κ3) is 2.67. The molecular weight excluding hydrogens is 252 g/mol. The van der Waals surface area contributed by atoms with Gasteiger partial charge in [-0.15, -0.1) is 0 Å². The van der Waals surface area contributed by atoms with Gasteiger partial charge in [0.25, 0.3) is 10.0 Å². The molecule has 2 atom stereocenters. The molecule has 6 nitrogen and oxygen atoms in total. The fraction of sp³-hybridized carbons (Fsp3) is 0.727. The van der Waals surface area contributed by atoms with Crippen LogP contribution >= 0.6 is 0 Å². The predicted octanol–water partition coefficient (Wildman–Crippen LogP) is 0.859. The average molecular weight is 272 g/mol. The van der Waals surface area contributed by atoms with E-state index < -0.39 is 10.0 Å².